The summed E-state index contributed by atoms with van der Waals surface area (Å²) in [5.74, 6) is 0.692. The minimum Gasteiger partial charge on any atom is -0.476 e. The fourth-order valence-electron chi connectivity index (χ4n) is 3.13. The van der Waals surface area contributed by atoms with Crippen LogP contribution in [-0.2, 0) is 6.54 Å². The molecule has 1 fully saturated rings. The van der Waals surface area contributed by atoms with Gasteiger partial charge in [-0.2, -0.15) is 4.98 Å². The van der Waals surface area contributed by atoms with Crippen molar-refractivity contribution in [2.75, 3.05) is 11.4 Å². The predicted octanol–water partition coefficient (Wildman–Crippen LogP) is 2.23. The van der Waals surface area contributed by atoms with Crippen LogP contribution in [0.1, 0.15) is 23.3 Å². The third-order valence-corrected chi connectivity index (χ3v) is 4.37. The zero-order chi connectivity index (χ0) is 18.6. The number of ether oxygens (including phenoxy) is 1. The molecule has 1 aromatic carbocycles. The van der Waals surface area contributed by atoms with Crippen molar-refractivity contribution >= 4 is 11.9 Å². The largest absolute Gasteiger partial charge is 0.476 e. The molecular formula is C18H18N6O3. The fraction of sp³-hybridized carbons (Fsp3) is 0.278. The van der Waals surface area contributed by atoms with E-state index >= 15 is 0 Å². The van der Waals surface area contributed by atoms with Gasteiger partial charge in [0.2, 0.25) is 11.8 Å². The highest BCUT2D eigenvalue weighted by Gasteiger charge is 2.28. The van der Waals surface area contributed by atoms with Crippen molar-refractivity contribution in [3.63, 3.8) is 0 Å². The number of benzene rings is 1. The second-order valence-electron chi connectivity index (χ2n) is 6.23. The van der Waals surface area contributed by atoms with Crippen LogP contribution in [-0.4, -0.2) is 48.6 Å². The lowest BCUT2D eigenvalue weighted by Gasteiger charge is -2.24. The second-order valence-corrected chi connectivity index (χ2v) is 6.23. The zero-order valence-corrected chi connectivity index (χ0v) is 14.5. The summed E-state index contributed by atoms with van der Waals surface area (Å²) in [7, 11) is 0. The Morgan fingerprint density at radius 2 is 2.11 bits per heavy atom. The number of para-hydroxylation sites is 1. The Morgan fingerprint density at radius 3 is 2.89 bits per heavy atom. The Balaban J connectivity index is 1.49. The third kappa shape index (κ3) is 3.86. The number of nitrogens with zero attached hydrogens (tertiary/aromatic N) is 6. The third-order valence-electron chi connectivity index (χ3n) is 4.37. The lowest BCUT2D eigenvalue weighted by atomic mass is 10.2. The van der Waals surface area contributed by atoms with Crippen LogP contribution < -0.4 is 9.64 Å². The van der Waals surface area contributed by atoms with Crippen molar-refractivity contribution in [1.82, 2.24) is 25.0 Å². The molecule has 0 aliphatic carbocycles. The Morgan fingerprint density at radius 1 is 1.26 bits per heavy atom. The summed E-state index contributed by atoms with van der Waals surface area (Å²) in [6.45, 7) is 1.34. The number of anilines is 1. The number of aromatic nitrogens is 5. The van der Waals surface area contributed by atoms with Crippen molar-refractivity contribution in [2.24, 2.45) is 0 Å². The van der Waals surface area contributed by atoms with Gasteiger partial charge in [-0.25, -0.2) is 14.5 Å². The molecule has 0 spiro atoms. The molecule has 9 heteroatoms. The second kappa shape index (κ2) is 7.40. The van der Waals surface area contributed by atoms with E-state index < -0.39 is 5.97 Å². The van der Waals surface area contributed by atoms with Gasteiger partial charge in [0.15, 0.2) is 5.69 Å². The van der Waals surface area contributed by atoms with Gasteiger partial charge in [-0.05, 0) is 25.0 Å². The Labute approximate surface area is 155 Å². The van der Waals surface area contributed by atoms with E-state index in [4.69, 9.17) is 9.84 Å². The van der Waals surface area contributed by atoms with Crippen molar-refractivity contribution in [3.05, 3.63) is 54.5 Å². The van der Waals surface area contributed by atoms with E-state index in [0.717, 1.165) is 19.4 Å². The van der Waals surface area contributed by atoms with E-state index in [1.165, 1.54) is 6.20 Å². The molecule has 1 aliphatic rings. The average Bonchev–Trinajstić information content (AvgIpc) is 3.33. The minimum atomic E-state index is -1.08. The van der Waals surface area contributed by atoms with E-state index in [2.05, 4.69) is 25.2 Å². The van der Waals surface area contributed by atoms with Gasteiger partial charge in [-0.1, -0.05) is 23.4 Å². The molecule has 0 amide bonds. The molecule has 3 aromatic rings. The molecule has 3 heterocycles. The van der Waals surface area contributed by atoms with Gasteiger partial charge in [0.05, 0.1) is 18.8 Å². The first-order valence-electron chi connectivity index (χ1n) is 8.65. The normalized spacial score (nSPS) is 16.4. The highest BCUT2D eigenvalue weighted by Crippen LogP contribution is 2.26. The number of hydrogen-bond donors (Lipinski definition) is 1. The quantitative estimate of drug-likeness (QED) is 0.708. The summed E-state index contributed by atoms with van der Waals surface area (Å²) in [5, 5.41) is 16.5. The van der Waals surface area contributed by atoms with Crippen LogP contribution in [0.2, 0.25) is 0 Å². The zero-order valence-electron chi connectivity index (χ0n) is 14.5. The van der Waals surface area contributed by atoms with Crippen molar-refractivity contribution in [2.45, 2.75) is 25.4 Å². The van der Waals surface area contributed by atoms with Crippen molar-refractivity contribution < 1.29 is 14.6 Å². The Hall–Kier alpha value is -3.49. The van der Waals surface area contributed by atoms with Crippen LogP contribution in [0, 0.1) is 0 Å². The molecule has 1 atom stereocenters. The maximum atomic E-state index is 11.0. The average molecular weight is 366 g/mol. The topological polar surface area (TPSA) is 106 Å². The highest BCUT2D eigenvalue weighted by atomic mass is 16.5. The molecule has 1 N–H and O–H groups in total. The fourth-order valence-corrected chi connectivity index (χ4v) is 3.13. The molecule has 0 saturated carbocycles. The van der Waals surface area contributed by atoms with Crippen LogP contribution >= 0.6 is 0 Å². The summed E-state index contributed by atoms with van der Waals surface area (Å²) in [6, 6.07) is 11.3. The summed E-state index contributed by atoms with van der Waals surface area (Å²) >= 11 is 0. The standard InChI is InChI=1S/C18H18N6O3/c25-17(26)15-12-23(22-21-15)11-13-5-4-10-24(13)18-19-9-8-16(20-18)27-14-6-2-1-3-7-14/h1-3,6-9,12-13H,4-5,10-11H2,(H,25,26). The van der Waals surface area contributed by atoms with E-state index in [1.54, 1.807) is 16.9 Å². The molecule has 0 radical (unpaired) electrons. The SMILES string of the molecule is O=C(O)c1cn(CC2CCCN2c2nccc(Oc3ccccc3)n2)nn1. The van der Waals surface area contributed by atoms with Crippen LogP contribution in [0.15, 0.2) is 48.8 Å². The smallest absolute Gasteiger partial charge is 0.358 e. The van der Waals surface area contributed by atoms with Gasteiger partial charge in [0, 0.05) is 18.8 Å². The predicted molar refractivity (Wildman–Crippen MR) is 95.9 cm³/mol. The first-order chi connectivity index (χ1) is 13.2. The van der Waals surface area contributed by atoms with E-state index in [1.807, 2.05) is 30.3 Å². The van der Waals surface area contributed by atoms with E-state index in [0.29, 0.717) is 24.1 Å². The van der Waals surface area contributed by atoms with Gasteiger partial charge in [0.25, 0.3) is 0 Å². The lowest BCUT2D eigenvalue weighted by Crippen LogP contribution is -2.34. The van der Waals surface area contributed by atoms with Crippen LogP contribution in [0.3, 0.4) is 0 Å². The van der Waals surface area contributed by atoms with Crippen molar-refractivity contribution in [1.29, 1.82) is 0 Å². The molecule has 27 heavy (non-hydrogen) atoms. The lowest BCUT2D eigenvalue weighted by molar-refractivity contribution is 0.0690. The molecule has 138 valence electrons. The number of carbonyl (C=O) groups is 1. The number of hydrogen-bond acceptors (Lipinski definition) is 7. The highest BCUT2D eigenvalue weighted by molar-refractivity contribution is 5.84. The minimum absolute atomic E-state index is 0.0611. The number of rotatable bonds is 6. The van der Waals surface area contributed by atoms with Crippen LogP contribution in [0.5, 0.6) is 11.6 Å². The van der Waals surface area contributed by atoms with Crippen molar-refractivity contribution in [3.8, 4) is 11.6 Å². The molecule has 0 bridgehead atoms. The van der Waals surface area contributed by atoms with Gasteiger partial charge in [-0.3, -0.25) is 0 Å². The molecule has 1 aliphatic heterocycles. The molecular weight excluding hydrogens is 348 g/mol. The number of carboxylic acid groups (broad SMARTS) is 1. The summed E-state index contributed by atoms with van der Waals surface area (Å²) < 4.78 is 7.34. The molecule has 9 nitrogen and oxygen atoms in total. The monoisotopic (exact) mass is 366 g/mol. The Kier molecular flexibility index (Phi) is 4.65. The van der Waals surface area contributed by atoms with Gasteiger partial charge < -0.3 is 14.7 Å². The Bertz CT molecular complexity index is 930. The van der Waals surface area contributed by atoms with Crippen LogP contribution in [0.25, 0.3) is 0 Å². The number of carboxylic acids is 1. The van der Waals surface area contributed by atoms with E-state index in [9.17, 15) is 4.79 Å². The van der Waals surface area contributed by atoms with Crippen LogP contribution in [0.4, 0.5) is 5.95 Å². The maximum Gasteiger partial charge on any atom is 0.358 e. The van der Waals surface area contributed by atoms with Gasteiger partial charge in [0.1, 0.15) is 5.75 Å². The molecule has 1 unspecified atom stereocenters. The van der Waals surface area contributed by atoms with Gasteiger partial charge in [-0.15, -0.1) is 5.10 Å². The maximum absolute atomic E-state index is 11.0. The van der Waals surface area contributed by atoms with Gasteiger partial charge >= 0.3 is 5.97 Å². The summed E-state index contributed by atoms with van der Waals surface area (Å²) in [4.78, 5) is 22.0. The molecule has 4 rings (SSSR count). The molecule has 2 aromatic heterocycles. The molecule has 1 saturated heterocycles. The van der Waals surface area contributed by atoms with E-state index in [-0.39, 0.29) is 11.7 Å². The number of aromatic carboxylic acids is 1. The first kappa shape index (κ1) is 17.0. The summed E-state index contributed by atoms with van der Waals surface area (Å²) in [6.07, 6.45) is 5.05. The first-order valence-corrected chi connectivity index (χ1v) is 8.65. The summed E-state index contributed by atoms with van der Waals surface area (Å²) in [5.41, 5.74) is -0.0611.